The van der Waals surface area contributed by atoms with Gasteiger partial charge in [-0.25, -0.2) is 0 Å². The number of hydrogen-bond acceptors (Lipinski definition) is 3. The zero-order valence-corrected chi connectivity index (χ0v) is 10.4. The van der Waals surface area contributed by atoms with Gasteiger partial charge in [-0.05, 0) is 24.0 Å². The summed E-state index contributed by atoms with van der Waals surface area (Å²) >= 11 is 0. The highest BCUT2D eigenvalue weighted by atomic mass is 16.3. The summed E-state index contributed by atoms with van der Waals surface area (Å²) in [6.45, 7) is 3.90. The van der Waals surface area contributed by atoms with Crippen LogP contribution in [0.5, 0.6) is 5.75 Å². The van der Waals surface area contributed by atoms with Crippen molar-refractivity contribution in [3.8, 4) is 5.75 Å². The summed E-state index contributed by atoms with van der Waals surface area (Å²) in [7, 11) is 0. The second kappa shape index (κ2) is 4.64. The molecule has 0 aliphatic carbocycles. The maximum Gasteiger partial charge on any atom is 0.290 e. The van der Waals surface area contributed by atoms with Crippen LogP contribution in [-0.2, 0) is 12.8 Å². The van der Waals surface area contributed by atoms with E-state index in [4.69, 9.17) is 0 Å². The van der Waals surface area contributed by atoms with E-state index in [0.29, 0.717) is 23.7 Å². The van der Waals surface area contributed by atoms with E-state index >= 15 is 0 Å². The van der Waals surface area contributed by atoms with Crippen molar-refractivity contribution in [3.63, 3.8) is 0 Å². The fourth-order valence-electron chi connectivity index (χ4n) is 2.14. The molecule has 0 bridgehead atoms. The SMILES string of the molecule is CCc1ccc(CC)c2c(=O)cc(O)c(=O)[nH]c12. The first-order chi connectivity index (χ1) is 8.58. The topological polar surface area (TPSA) is 70.2 Å². The molecule has 0 atom stereocenters. The average Bonchev–Trinajstić information content (AvgIpc) is 2.47. The zero-order chi connectivity index (χ0) is 13.3. The molecule has 4 heteroatoms. The third-order valence-corrected chi connectivity index (χ3v) is 3.13. The number of nitrogens with one attached hydrogen (secondary N) is 1. The molecule has 1 aromatic heterocycles. The molecule has 0 fully saturated rings. The fourth-order valence-corrected chi connectivity index (χ4v) is 2.14. The minimum Gasteiger partial charge on any atom is -0.503 e. The first-order valence-electron chi connectivity index (χ1n) is 5.99. The lowest BCUT2D eigenvalue weighted by Crippen LogP contribution is -2.03. The van der Waals surface area contributed by atoms with E-state index < -0.39 is 11.3 Å². The van der Waals surface area contributed by atoms with E-state index in [1.807, 2.05) is 26.0 Å². The minimum absolute atomic E-state index is 0.326. The Bertz CT molecular complexity index is 716. The van der Waals surface area contributed by atoms with Crippen molar-refractivity contribution in [2.75, 3.05) is 0 Å². The number of rotatable bonds is 2. The highest BCUT2D eigenvalue weighted by molar-refractivity contribution is 5.84. The first kappa shape index (κ1) is 12.4. The van der Waals surface area contributed by atoms with Gasteiger partial charge >= 0.3 is 0 Å². The van der Waals surface area contributed by atoms with Crippen molar-refractivity contribution in [1.82, 2.24) is 4.98 Å². The van der Waals surface area contributed by atoms with Gasteiger partial charge in [0.15, 0.2) is 11.2 Å². The number of benzene rings is 1. The highest BCUT2D eigenvalue weighted by Crippen LogP contribution is 2.18. The molecule has 0 radical (unpaired) electrons. The van der Waals surface area contributed by atoms with Gasteiger partial charge in [-0.1, -0.05) is 26.0 Å². The van der Waals surface area contributed by atoms with Crippen LogP contribution in [0.3, 0.4) is 0 Å². The number of aryl methyl sites for hydroxylation is 2. The van der Waals surface area contributed by atoms with E-state index in [2.05, 4.69) is 4.98 Å². The number of aromatic nitrogens is 1. The minimum atomic E-state index is -0.634. The average molecular weight is 245 g/mol. The second-order valence-corrected chi connectivity index (χ2v) is 4.19. The van der Waals surface area contributed by atoms with Crippen molar-refractivity contribution in [1.29, 1.82) is 0 Å². The molecule has 94 valence electrons. The fraction of sp³-hybridized carbons (Fsp3) is 0.286. The van der Waals surface area contributed by atoms with Crippen molar-refractivity contribution in [2.24, 2.45) is 0 Å². The smallest absolute Gasteiger partial charge is 0.290 e. The molecular formula is C14H15NO3. The van der Waals surface area contributed by atoms with Gasteiger partial charge < -0.3 is 10.1 Å². The van der Waals surface area contributed by atoms with Crippen LogP contribution < -0.4 is 11.0 Å². The molecule has 0 amide bonds. The Kier molecular flexibility index (Phi) is 3.19. The summed E-state index contributed by atoms with van der Waals surface area (Å²) in [6, 6.07) is 4.80. The summed E-state index contributed by atoms with van der Waals surface area (Å²) in [6.07, 6.45) is 1.41. The Morgan fingerprint density at radius 2 is 1.72 bits per heavy atom. The Labute approximate surface area is 104 Å². The lowest BCUT2D eigenvalue weighted by atomic mass is 10.0. The van der Waals surface area contributed by atoms with E-state index in [1.54, 1.807) is 0 Å². The molecule has 1 heterocycles. The van der Waals surface area contributed by atoms with Crippen molar-refractivity contribution in [3.05, 3.63) is 49.9 Å². The molecule has 2 N–H and O–H groups in total. The second-order valence-electron chi connectivity index (χ2n) is 4.19. The highest BCUT2D eigenvalue weighted by Gasteiger charge is 2.09. The van der Waals surface area contributed by atoms with Crippen molar-refractivity contribution in [2.45, 2.75) is 26.7 Å². The number of aromatic hydroxyl groups is 1. The van der Waals surface area contributed by atoms with Crippen molar-refractivity contribution < 1.29 is 5.11 Å². The molecule has 1 aromatic carbocycles. The summed E-state index contributed by atoms with van der Waals surface area (Å²) < 4.78 is 0. The lowest BCUT2D eigenvalue weighted by molar-refractivity contribution is 0.468. The predicted octanol–water partition coefficient (Wildman–Crippen LogP) is 1.72. The molecule has 0 saturated heterocycles. The maximum atomic E-state index is 12.1. The van der Waals surface area contributed by atoms with Gasteiger partial charge in [-0.3, -0.25) is 9.59 Å². The van der Waals surface area contributed by atoms with E-state index in [0.717, 1.165) is 17.2 Å². The van der Waals surface area contributed by atoms with Crippen LogP contribution in [-0.4, -0.2) is 10.1 Å². The van der Waals surface area contributed by atoms with Crippen molar-refractivity contribution >= 4 is 10.9 Å². The van der Waals surface area contributed by atoms with Crippen LogP contribution in [0.4, 0.5) is 0 Å². The van der Waals surface area contributed by atoms with Gasteiger partial charge in [-0.15, -0.1) is 0 Å². The molecule has 0 unspecified atom stereocenters. The summed E-state index contributed by atoms with van der Waals surface area (Å²) in [5.74, 6) is -0.541. The van der Waals surface area contributed by atoms with Gasteiger partial charge in [0, 0.05) is 11.5 Å². The Morgan fingerprint density at radius 1 is 1.11 bits per heavy atom. The van der Waals surface area contributed by atoms with Gasteiger partial charge in [0.25, 0.3) is 5.56 Å². The molecule has 18 heavy (non-hydrogen) atoms. The predicted molar refractivity (Wildman–Crippen MR) is 71.3 cm³/mol. The largest absolute Gasteiger partial charge is 0.503 e. The molecule has 4 nitrogen and oxygen atoms in total. The number of hydrogen-bond donors (Lipinski definition) is 2. The third kappa shape index (κ3) is 1.90. The molecule has 0 spiro atoms. The van der Waals surface area contributed by atoms with Crippen LogP contribution in [0.25, 0.3) is 10.9 Å². The zero-order valence-electron chi connectivity index (χ0n) is 10.4. The standard InChI is InChI=1S/C14H15NO3/c1-3-8-5-6-9(4-2)13-12(8)10(16)7-11(17)14(18)15-13/h5-7,17H,3-4H2,1-2H3,(H,15,18). The van der Waals surface area contributed by atoms with Crippen LogP contribution in [0.1, 0.15) is 25.0 Å². The molecule has 2 rings (SSSR count). The van der Waals surface area contributed by atoms with Gasteiger partial charge in [0.2, 0.25) is 0 Å². The van der Waals surface area contributed by atoms with Gasteiger partial charge in [0.05, 0.1) is 5.52 Å². The van der Waals surface area contributed by atoms with Crippen LogP contribution in [0, 0.1) is 0 Å². The monoisotopic (exact) mass is 245 g/mol. The molecule has 2 aromatic rings. The number of aromatic amines is 1. The van der Waals surface area contributed by atoms with Gasteiger partial charge in [-0.2, -0.15) is 0 Å². The molecule has 0 aliphatic heterocycles. The van der Waals surface area contributed by atoms with E-state index in [9.17, 15) is 14.7 Å². The Hall–Kier alpha value is -2.10. The maximum absolute atomic E-state index is 12.1. The summed E-state index contributed by atoms with van der Waals surface area (Å²) in [4.78, 5) is 26.3. The van der Waals surface area contributed by atoms with Gasteiger partial charge in [0.1, 0.15) is 0 Å². The quantitative estimate of drug-likeness (QED) is 0.846. The molecule has 0 saturated carbocycles. The number of fused-ring (bicyclic) bond motifs is 1. The van der Waals surface area contributed by atoms with E-state index in [1.165, 1.54) is 0 Å². The number of H-pyrrole nitrogens is 1. The third-order valence-electron chi connectivity index (χ3n) is 3.13. The normalized spacial score (nSPS) is 10.8. The van der Waals surface area contributed by atoms with Crippen LogP contribution in [0.2, 0.25) is 0 Å². The Balaban J connectivity index is 3.13. The Morgan fingerprint density at radius 3 is 2.33 bits per heavy atom. The molecular weight excluding hydrogens is 230 g/mol. The van der Waals surface area contributed by atoms with Crippen LogP contribution >= 0.6 is 0 Å². The summed E-state index contributed by atoms with van der Waals surface area (Å²) in [5.41, 5.74) is 1.34. The van der Waals surface area contributed by atoms with E-state index in [-0.39, 0.29) is 5.43 Å². The van der Waals surface area contributed by atoms with Crippen LogP contribution in [0.15, 0.2) is 27.8 Å². The lowest BCUT2D eigenvalue weighted by Gasteiger charge is -2.05. The first-order valence-corrected chi connectivity index (χ1v) is 5.99. The summed E-state index contributed by atoms with van der Waals surface area (Å²) in [5, 5.41) is 9.95. The molecule has 0 aliphatic rings.